The molecule has 3 aromatic carbocycles. The number of hydrogen-bond donors (Lipinski definition) is 0. The van der Waals surface area contributed by atoms with Gasteiger partial charge < -0.3 is 28.4 Å². The van der Waals surface area contributed by atoms with Crippen molar-refractivity contribution < 1.29 is 38.0 Å². The molecule has 8 nitrogen and oxygen atoms in total. The van der Waals surface area contributed by atoms with E-state index < -0.39 is 12.2 Å². The molecule has 0 aromatic heterocycles. The second-order valence-electron chi connectivity index (χ2n) is 11.7. The van der Waals surface area contributed by atoms with Gasteiger partial charge in [-0.3, -0.25) is 9.59 Å². The second kappa shape index (κ2) is 19.6. The average Bonchev–Trinajstić information content (AvgIpc) is 3.03. The maximum absolute atomic E-state index is 12.5. The molecule has 8 heteroatoms. The van der Waals surface area contributed by atoms with Gasteiger partial charge >= 0.3 is 11.9 Å². The number of esters is 2. The molecular formula is C38H50O8. The van der Waals surface area contributed by atoms with Gasteiger partial charge in [0.05, 0.1) is 26.4 Å². The molecule has 3 aromatic rings. The molecule has 2 atom stereocenters. The molecule has 0 heterocycles. The lowest BCUT2D eigenvalue weighted by Gasteiger charge is -2.23. The first-order chi connectivity index (χ1) is 22.2. The van der Waals surface area contributed by atoms with E-state index >= 15 is 0 Å². The minimum absolute atomic E-state index is 0.109. The highest BCUT2D eigenvalue weighted by Crippen LogP contribution is 2.42. The third kappa shape index (κ3) is 11.8. The minimum atomic E-state index is -0.598. The summed E-state index contributed by atoms with van der Waals surface area (Å²) in [6, 6.07) is 15.7. The summed E-state index contributed by atoms with van der Waals surface area (Å²) in [6.07, 6.45) is 2.82. The first-order valence-corrected chi connectivity index (χ1v) is 16.3. The van der Waals surface area contributed by atoms with Crippen molar-refractivity contribution in [2.75, 3.05) is 39.6 Å². The zero-order chi connectivity index (χ0) is 33.3. The molecule has 0 fully saturated rings. The highest BCUT2D eigenvalue weighted by molar-refractivity contribution is 6.11. The fourth-order valence-corrected chi connectivity index (χ4v) is 4.81. The fourth-order valence-electron chi connectivity index (χ4n) is 4.81. The van der Waals surface area contributed by atoms with Crippen LogP contribution in [0.5, 0.6) is 11.5 Å². The lowest BCUT2D eigenvalue weighted by molar-refractivity contribution is -0.154. The molecule has 0 radical (unpaired) electrons. The Bertz CT molecular complexity index is 1280. The van der Waals surface area contributed by atoms with E-state index in [4.69, 9.17) is 28.4 Å². The maximum Gasteiger partial charge on any atom is 0.306 e. The topological polar surface area (TPSA) is 89.5 Å². The van der Waals surface area contributed by atoms with E-state index in [0.717, 1.165) is 58.4 Å². The van der Waals surface area contributed by atoms with Gasteiger partial charge in [-0.25, -0.2) is 0 Å². The van der Waals surface area contributed by atoms with Crippen molar-refractivity contribution in [3.8, 4) is 11.5 Å². The molecule has 3 rings (SSSR count). The van der Waals surface area contributed by atoms with E-state index in [0.29, 0.717) is 37.6 Å². The van der Waals surface area contributed by atoms with Gasteiger partial charge in [-0.15, -0.1) is 0 Å². The van der Waals surface area contributed by atoms with E-state index in [9.17, 15) is 9.59 Å². The lowest BCUT2D eigenvalue weighted by atomic mass is 10.0. The van der Waals surface area contributed by atoms with Gasteiger partial charge in [0.25, 0.3) is 0 Å². The molecule has 250 valence electrons. The smallest absolute Gasteiger partial charge is 0.306 e. The van der Waals surface area contributed by atoms with E-state index in [1.807, 2.05) is 76.2 Å². The molecule has 0 bridgehead atoms. The molecular weight excluding hydrogens is 584 g/mol. The van der Waals surface area contributed by atoms with Crippen LogP contribution in [0.25, 0.3) is 21.5 Å². The van der Waals surface area contributed by atoms with Gasteiger partial charge in [0, 0.05) is 34.4 Å². The van der Waals surface area contributed by atoms with Crippen LogP contribution in [0.1, 0.15) is 66.2 Å². The van der Waals surface area contributed by atoms with Crippen molar-refractivity contribution in [3.63, 3.8) is 0 Å². The molecule has 0 aliphatic carbocycles. The quantitative estimate of drug-likeness (QED) is 0.0622. The number of rotatable bonds is 22. The van der Waals surface area contributed by atoms with Gasteiger partial charge in [-0.05, 0) is 26.7 Å². The zero-order valence-corrected chi connectivity index (χ0v) is 27.9. The first-order valence-electron chi connectivity index (χ1n) is 16.3. The van der Waals surface area contributed by atoms with Gasteiger partial charge in [0.1, 0.15) is 24.7 Å². The summed E-state index contributed by atoms with van der Waals surface area (Å²) < 4.78 is 36.0. The van der Waals surface area contributed by atoms with Crippen LogP contribution in [0.15, 0.2) is 72.8 Å². The minimum Gasteiger partial charge on any atom is -0.488 e. The van der Waals surface area contributed by atoms with Crippen LogP contribution in [0.3, 0.4) is 0 Å². The van der Waals surface area contributed by atoms with E-state index in [2.05, 4.69) is 13.2 Å². The molecule has 0 amide bonds. The van der Waals surface area contributed by atoms with Crippen molar-refractivity contribution in [1.29, 1.82) is 0 Å². The van der Waals surface area contributed by atoms with Crippen LogP contribution in [-0.2, 0) is 28.5 Å². The molecule has 0 aliphatic heterocycles. The summed E-state index contributed by atoms with van der Waals surface area (Å²) in [5.74, 6) is 0.760. The molecule has 0 saturated heterocycles. The third-order valence-electron chi connectivity index (χ3n) is 7.03. The normalized spacial score (nSPS) is 12.4. The summed E-state index contributed by atoms with van der Waals surface area (Å²) in [6.45, 7) is 16.9. The standard InChI is InChI=1S/C38H50O8/c1-7-9-19-35(39)45-29(23-41-21-27(3)4)25-43-37-31-15-11-13-17-33(31)38(34-18-14-12-16-32(34)37)44-26-30(24-42-22-28(5)6)46-36(40)20-10-8-2/h11-18,29-30H,3,5,7-10,19-26H2,1-2,4,6H3. The Morgan fingerprint density at radius 2 is 0.957 bits per heavy atom. The van der Waals surface area contributed by atoms with Crippen LogP contribution in [-0.4, -0.2) is 63.8 Å². The van der Waals surface area contributed by atoms with Gasteiger partial charge in [0.2, 0.25) is 0 Å². The Balaban J connectivity index is 1.90. The fraction of sp³-hybridized carbons (Fsp3) is 0.474. The summed E-state index contributed by atoms with van der Waals surface area (Å²) in [5.41, 5.74) is 1.76. The van der Waals surface area contributed by atoms with Crippen LogP contribution in [0, 0.1) is 0 Å². The Morgan fingerprint density at radius 1 is 0.609 bits per heavy atom. The number of ether oxygens (including phenoxy) is 6. The van der Waals surface area contributed by atoms with Crippen molar-refractivity contribution >= 4 is 33.5 Å². The predicted octanol–water partition coefficient (Wildman–Crippen LogP) is 8.14. The molecule has 0 spiro atoms. The second-order valence-corrected chi connectivity index (χ2v) is 11.7. The molecule has 2 unspecified atom stereocenters. The lowest BCUT2D eigenvalue weighted by Crippen LogP contribution is -2.30. The highest BCUT2D eigenvalue weighted by Gasteiger charge is 2.22. The summed E-state index contributed by atoms with van der Waals surface area (Å²) in [5, 5.41) is 3.35. The van der Waals surface area contributed by atoms with E-state index in [1.165, 1.54) is 0 Å². The van der Waals surface area contributed by atoms with Crippen molar-refractivity contribution in [2.45, 2.75) is 78.4 Å². The van der Waals surface area contributed by atoms with Crippen LogP contribution >= 0.6 is 0 Å². The Labute approximate surface area is 273 Å². The SMILES string of the molecule is C=C(C)COCC(COc1c2ccccc2c(OCC(COCC(=C)C)OC(=O)CCCC)c2ccccc12)OC(=O)CCCC. The largest absolute Gasteiger partial charge is 0.488 e. The van der Waals surface area contributed by atoms with Gasteiger partial charge in [-0.2, -0.15) is 0 Å². The monoisotopic (exact) mass is 634 g/mol. The van der Waals surface area contributed by atoms with Gasteiger partial charge in [-0.1, -0.05) is 99.5 Å². The Hall–Kier alpha value is -3.88. The third-order valence-corrected chi connectivity index (χ3v) is 7.03. The maximum atomic E-state index is 12.5. The number of hydrogen-bond acceptors (Lipinski definition) is 8. The van der Waals surface area contributed by atoms with Crippen molar-refractivity contribution in [3.05, 3.63) is 72.8 Å². The number of benzene rings is 3. The molecule has 0 saturated carbocycles. The highest BCUT2D eigenvalue weighted by atomic mass is 16.6. The Morgan fingerprint density at radius 3 is 1.26 bits per heavy atom. The number of fused-ring (bicyclic) bond motifs is 2. The van der Waals surface area contributed by atoms with Crippen molar-refractivity contribution in [2.24, 2.45) is 0 Å². The van der Waals surface area contributed by atoms with Crippen LogP contribution < -0.4 is 9.47 Å². The number of unbranched alkanes of at least 4 members (excludes halogenated alkanes) is 2. The van der Waals surface area contributed by atoms with E-state index in [1.54, 1.807) is 0 Å². The average molecular weight is 635 g/mol. The van der Waals surface area contributed by atoms with Crippen LogP contribution in [0.4, 0.5) is 0 Å². The number of carbonyl (C=O) groups excluding carboxylic acids is 2. The van der Waals surface area contributed by atoms with Crippen molar-refractivity contribution in [1.82, 2.24) is 0 Å². The summed E-state index contributed by atoms with van der Waals surface area (Å²) in [7, 11) is 0. The summed E-state index contributed by atoms with van der Waals surface area (Å²) in [4.78, 5) is 25.0. The summed E-state index contributed by atoms with van der Waals surface area (Å²) >= 11 is 0. The predicted molar refractivity (Wildman–Crippen MR) is 183 cm³/mol. The molecule has 0 N–H and O–H groups in total. The van der Waals surface area contributed by atoms with Gasteiger partial charge in [0.15, 0.2) is 12.2 Å². The molecule has 46 heavy (non-hydrogen) atoms. The number of carbonyl (C=O) groups is 2. The Kier molecular flexibility index (Phi) is 15.6. The first kappa shape index (κ1) is 36.6. The van der Waals surface area contributed by atoms with E-state index in [-0.39, 0.29) is 38.4 Å². The molecule has 0 aliphatic rings. The zero-order valence-electron chi connectivity index (χ0n) is 27.9. The van der Waals surface area contributed by atoms with Crippen LogP contribution in [0.2, 0.25) is 0 Å².